The maximum Gasteiger partial charge on any atom is 0.163 e. The summed E-state index contributed by atoms with van der Waals surface area (Å²) in [7, 11) is 0. The van der Waals surface area contributed by atoms with Crippen LogP contribution in [0.5, 0.6) is 0 Å². The number of benzene rings is 8. The van der Waals surface area contributed by atoms with Gasteiger partial charge in [0.25, 0.3) is 0 Å². The summed E-state index contributed by atoms with van der Waals surface area (Å²) in [5.74, 6) is 0.0254. The van der Waals surface area contributed by atoms with E-state index in [1.54, 1.807) is 48.5 Å². The van der Waals surface area contributed by atoms with Gasteiger partial charge in [0.05, 0.1) is 12.2 Å². The summed E-state index contributed by atoms with van der Waals surface area (Å²) in [6, 6.07) is 48.1. The first-order valence-electron chi connectivity index (χ1n) is 42.7. The first-order valence-corrected chi connectivity index (χ1v) is 42.7. The Bertz CT molecular complexity index is 4480. The number of likely N-dealkylation sites (tertiary alicyclic amines) is 4. The molecular formula is C96H112F4N8O4. The van der Waals surface area contributed by atoms with Crippen LogP contribution in [-0.2, 0) is 77.0 Å². The summed E-state index contributed by atoms with van der Waals surface area (Å²) in [6.45, 7) is 17.5. The zero-order valence-corrected chi connectivity index (χ0v) is 65.4. The number of ketones is 2. The van der Waals surface area contributed by atoms with Crippen molar-refractivity contribution < 1.29 is 37.4 Å². The van der Waals surface area contributed by atoms with Crippen LogP contribution in [0.15, 0.2) is 146 Å². The van der Waals surface area contributed by atoms with Crippen LogP contribution in [0.2, 0.25) is 0 Å². The quantitative estimate of drug-likeness (QED) is 0.0901. The van der Waals surface area contributed by atoms with Gasteiger partial charge in [-0.25, -0.2) is 17.6 Å². The molecule has 12 nitrogen and oxygen atoms in total. The van der Waals surface area contributed by atoms with Crippen molar-refractivity contribution in [3.05, 3.63) is 258 Å². The van der Waals surface area contributed by atoms with Crippen molar-refractivity contribution in [2.75, 3.05) is 124 Å². The fraction of sp³-hybridized carbons (Fsp3) is 0.479. The van der Waals surface area contributed by atoms with Gasteiger partial charge in [-0.2, -0.15) is 0 Å². The molecule has 4 aliphatic carbocycles. The number of carbonyl (C=O) groups is 2. The molecule has 0 radical (unpaired) electrons. The van der Waals surface area contributed by atoms with Crippen LogP contribution in [0.4, 0.5) is 40.3 Å². The molecule has 16 heteroatoms. The zero-order chi connectivity index (χ0) is 76.3. The number of fused-ring (bicyclic) bond motifs is 10. The molecule has 12 aliphatic rings. The summed E-state index contributed by atoms with van der Waals surface area (Å²) < 4.78 is 52.2. The number of halogens is 4. The lowest BCUT2D eigenvalue weighted by Crippen LogP contribution is -2.45. The number of Topliss-reactive ketones (excluding diaryl/α,β-unsaturated/α-hetero) is 2. The van der Waals surface area contributed by atoms with E-state index in [0.29, 0.717) is 48.6 Å². The van der Waals surface area contributed by atoms with Crippen LogP contribution in [0.25, 0.3) is 0 Å². The molecule has 0 aromatic heterocycles. The maximum atomic E-state index is 13.0. The average Bonchev–Trinajstić information content (AvgIpc) is 1.67. The Morgan fingerprint density at radius 1 is 0.295 bits per heavy atom. The van der Waals surface area contributed by atoms with E-state index >= 15 is 0 Å². The first kappa shape index (κ1) is 76.4. The smallest absolute Gasteiger partial charge is 0.163 e. The van der Waals surface area contributed by atoms with Crippen LogP contribution < -0.4 is 19.6 Å². The molecule has 0 bridgehead atoms. The molecule has 0 saturated carbocycles. The van der Waals surface area contributed by atoms with Crippen molar-refractivity contribution >= 4 is 34.3 Å². The zero-order valence-electron chi connectivity index (χ0n) is 65.4. The van der Waals surface area contributed by atoms with Gasteiger partial charge in [-0.1, -0.05) is 72.8 Å². The molecule has 2 N–H and O–H groups in total. The van der Waals surface area contributed by atoms with Crippen molar-refractivity contribution in [3.63, 3.8) is 0 Å². The van der Waals surface area contributed by atoms with E-state index < -0.39 is 0 Å². The number of piperidine rings is 4. The minimum absolute atomic E-state index is 0.159. The second-order valence-corrected chi connectivity index (χ2v) is 34.1. The Morgan fingerprint density at radius 2 is 0.652 bits per heavy atom. The molecule has 8 aromatic rings. The topological polar surface area (TPSA) is 101 Å². The number of aliphatic hydroxyl groups is 2. The molecule has 4 saturated heterocycles. The molecule has 112 heavy (non-hydrogen) atoms. The van der Waals surface area contributed by atoms with Crippen LogP contribution in [-0.4, -0.2) is 170 Å². The SMILES string of the molecule is O=C1CCc2cc3c(cc21)N(C1CCN(CCc2ccc(F)cc2)CC1)CC3.O=C1CCc2ccc3c(c21)CCN3C1CCN(CCc2ccc(F)cc2)CC1.OC1CCc2cc3c(cc21)N(C1CCN(CCc2ccc(F)cc2)CC1)CC3.OC1CCc2ccc3c(c21)CCN3C1CCN(CCc2ccc(F)cc2)CC1. The van der Waals surface area contributed by atoms with Gasteiger partial charge < -0.3 is 49.4 Å². The predicted molar refractivity (Wildman–Crippen MR) is 440 cm³/mol. The summed E-state index contributed by atoms with van der Waals surface area (Å²) in [4.78, 5) is 45.0. The lowest BCUT2D eigenvalue weighted by atomic mass is 9.99. The van der Waals surface area contributed by atoms with Crippen molar-refractivity contribution in [1.82, 2.24) is 19.6 Å². The molecule has 20 rings (SSSR count). The standard InChI is InChI=1S/C24H29FN2O.C24H27FN2O.C24H29FN2O.C24H27FN2O/c2*25-19-5-1-17(2-6-19)9-13-26-14-10-20(11-15-26)27-16-12-21-22(27)7-3-18-4-8-23(28)24(18)21;2*25-20-4-1-17(2-5-20)7-11-26-12-9-21(10-13-26)27-14-8-19-15-18-3-6-24(28)22(18)16-23(19)27/h1-3,5-7,20,23,28H,4,8-16H2;1-3,5-7,20H,4,8-16H2;1-2,4-5,15-16,21,24,28H,3,6-14H2;1-2,4-5,15-16,21H,3,6-14H2. The minimum Gasteiger partial charge on any atom is -0.388 e. The van der Waals surface area contributed by atoms with Crippen molar-refractivity contribution in [3.8, 4) is 0 Å². The Labute approximate surface area is 660 Å². The number of rotatable bonds is 16. The lowest BCUT2D eigenvalue weighted by Gasteiger charge is -2.38. The highest BCUT2D eigenvalue weighted by molar-refractivity contribution is 6.03. The molecule has 2 unspecified atom stereocenters. The van der Waals surface area contributed by atoms with Gasteiger partial charge >= 0.3 is 0 Å². The third-order valence-electron chi connectivity index (χ3n) is 27.5. The Morgan fingerprint density at radius 3 is 1.11 bits per heavy atom. The van der Waals surface area contributed by atoms with E-state index in [4.69, 9.17) is 0 Å². The van der Waals surface area contributed by atoms with Crippen LogP contribution >= 0.6 is 0 Å². The molecular weight excluding hydrogens is 1410 g/mol. The van der Waals surface area contributed by atoms with Gasteiger partial charge in [0.1, 0.15) is 23.3 Å². The molecule has 8 aromatic carbocycles. The Kier molecular flexibility index (Phi) is 23.5. The fourth-order valence-corrected chi connectivity index (χ4v) is 21.1. The van der Waals surface area contributed by atoms with Gasteiger partial charge in [-0.3, -0.25) is 9.59 Å². The van der Waals surface area contributed by atoms with Gasteiger partial charge in [-0.15, -0.1) is 0 Å². The normalized spacial score (nSPS) is 21.2. The summed E-state index contributed by atoms with van der Waals surface area (Å²) >= 11 is 0. The van der Waals surface area contributed by atoms with Crippen LogP contribution in [0.1, 0.15) is 188 Å². The molecule has 8 aliphatic heterocycles. The van der Waals surface area contributed by atoms with Crippen molar-refractivity contribution in [2.24, 2.45) is 0 Å². The molecule has 0 spiro atoms. The third-order valence-corrected chi connectivity index (χ3v) is 27.5. The van der Waals surface area contributed by atoms with E-state index in [0.717, 1.165) is 206 Å². The number of carbonyl (C=O) groups excluding carboxylic acids is 2. The van der Waals surface area contributed by atoms with E-state index in [-0.39, 0.29) is 35.5 Å². The molecule has 4 fully saturated rings. The number of nitrogens with zero attached hydrogens (tertiary/aromatic N) is 8. The average molecular weight is 1520 g/mol. The highest BCUT2D eigenvalue weighted by Gasteiger charge is 2.39. The monoisotopic (exact) mass is 1520 g/mol. The predicted octanol–water partition coefficient (Wildman–Crippen LogP) is 15.8. The van der Waals surface area contributed by atoms with Crippen LogP contribution in [0, 0.1) is 23.3 Å². The van der Waals surface area contributed by atoms with Gasteiger partial charge in [-0.05, 0) is 292 Å². The van der Waals surface area contributed by atoms with E-state index in [9.17, 15) is 37.4 Å². The van der Waals surface area contributed by atoms with E-state index in [1.165, 1.54) is 152 Å². The van der Waals surface area contributed by atoms with Gasteiger partial charge in [0.15, 0.2) is 11.6 Å². The third kappa shape index (κ3) is 17.1. The number of aryl methyl sites for hydroxylation is 4. The summed E-state index contributed by atoms with van der Waals surface area (Å²) in [6.07, 6.45) is 24.3. The number of aliphatic hydroxyl groups excluding tert-OH is 2. The number of hydrogen-bond donors (Lipinski definition) is 2. The molecule has 0 amide bonds. The fourth-order valence-electron chi connectivity index (χ4n) is 21.1. The highest BCUT2D eigenvalue weighted by atomic mass is 19.1. The molecule has 588 valence electrons. The van der Waals surface area contributed by atoms with Gasteiger partial charge in [0.2, 0.25) is 0 Å². The molecule has 2 atom stereocenters. The second kappa shape index (κ2) is 34.5. The maximum absolute atomic E-state index is 13.0. The largest absolute Gasteiger partial charge is 0.388 e. The summed E-state index contributed by atoms with van der Waals surface area (Å²) in [5.41, 5.74) is 25.6. The van der Waals surface area contributed by atoms with E-state index in [1.807, 2.05) is 48.5 Å². The van der Waals surface area contributed by atoms with Crippen molar-refractivity contribution in [2.45, 2.75) is 190 Å². The number of hydrogen-bond acceptors (Lipinski definition) is 12. The number of anilines is 4. The molecule has 8 heterocycles. The van der Waals surface area contributed by atoms with E-state index in [2.05, 4.69) is 87.7 Å². The lowest BCUT2D eigenvalue weighted by molar-refractivity contribution is 0.0986. The Balaban J connectivity index is 0.000000108. The van der Waals surface area contributed by atoms with Crippen molar-refractivity contribution in [1.29, 1.82) is 0 Å². The van der Waals surface area contributed by atoms with Gasteiger partial charge in [0, 0.05) is 176 Å². The Hall–Kier alpha value is -8.22. The minimum atomic E-state index is -0.268. The second-order valence-electron chi connectivity index (χ2n) is 34.1. The summed E-state index contributed by atoms with van der Waals surface area (Å²) in [5, 5.41) is 20.7. The van der Waals surface area contributed by atoms with Crippen LogP contribution in [0.3, 0.4) is 0 Å². The highest BCUT2D eigenvalue weighted by Crippen LogP contribution is 2.46. The first-order chi connectivity index (χ1) is 54.7.